The molecule has 0 saturated carbocycles. The molecule has 0 amide bonds. The van der Waals surface area contributed by atoms with Crippen molar-refractivity contribution in [3.63, 3.8) is 0 Å². The Morgan fingerprint density at radius 3 is 2.67 bits per heavy atom. The van der Waals surface area contributed by atoms with Crippen LogP contribution in [0.4, 0.5) is 18.9 Å². The van der Waals surface area contributed by atoms with Crippen molar-refractivity contribution in [2.75, 3.05) is 12.8 Å². The SMILES string of the molecule is COC(=O)c1nc(F)c(C(F)F)cc1N. The summed E-state index contributed by atoms with van der Waals surface area (Å²) >= 11 is 0. The summed E-state index contributed by atoms with van der Waals surface area (Å²) in [5, 5.41) is 0. The van der Waals surface area contributed by atoms with Crippen LogP contribution in [-0.2, 0) is 4.74 Å². The van der Waals surface area contributed by atoms with Crippen molar-refractivity contribution in [2.45, 2.75) is 6.43 Å². The molecule has 0 radical (unpaired) electrons. The number of esters is 1. The van der Waals surface area contributed by atoms with Gasteiger partial charge in [-0.2, -0.15) is 4.39 Å². The van der Waals surface area contributed by atoms with Gasteiger partial charge >= 0.3 is 5.97 Å². The Hall–Kier alpha value is -1.79. The summed E-state index contributed by atoms with van der Waals surface area (Å²) in [6, 6.07) is 0.666. The first-order chi connectivity index (χ1) is 6.97. The summed E-state index contributed by atoms with van der Waals surface area (Å²) in [5.41, 5.74) is 3.43. The topological polar surface area (TPSA) is 65.2 Å². The molecule has 4 nitrogen and oxygen atoms in total. The van der Waals surface area contributed by atoms with Crippen LogP contribution in [-0.4, -0.2) is 18.1 Å². The normalized spacial score (nSPS) is 10.5. The number of hydrogen-bond acceptors (Lipinski definition) is 4. The van der Waals surface area contributed by atoms with Gasteiger partial charge in [0, 0.05) is 0 Å². The second-order valence-electron chi connectivity index (χ2n) is 2.60. The van der Waals surface area contributed by atoms with Crippen LogP contribution in [0.15, 0.2) is 6.07 Å². The molecule has 0 aromatic carbocycles. The van der Waals surface area contributed by atoms with E-state index in [0.29, 0.717) is 6.07 Å². The number of carbonyl (C=O) groups excluding carboxylic acids is 1. The van der Waals surface area contributed by atoms with Crippen molar-refractivity contribution in [3.05, 3.63) is 23.3 Å². The summed E-state index contributed by atoms with van der Waals surface area (Å²) in [5.74, 6) is -2.41. The lowest BCUT2D eigenvalue weighted by atomic mass is 10.2. The zero-order chi connectivity index (χ0) is 11.6. The third-order valence-electron chi connectivity index (χ3n) is 1.65. The molecule has 82 valence electrons. The van der Waals surface area contributed by atoms with Gasteiger partial charge in [-0.15, -0.1) is 0 Å². The fourth-order valence-corrected chi connectivity index (χ4v) is 0.936. The van der Waals surface area contributed by atoms with Crippen LogP contribution >= 0.6 is 0 Å². The van der Waals surface area contributed by atoms with Crippen molar-refractivity contribution in [1.82, 2.24) is 4.98 Å². The first kappa shape index (κ1) is 11.3. The van der Waals surface area contributed by atoms with Gasteiger partial charge in [-0.1, -0.05) is 0 Å². The summed E-state index contributed by atoms with van der Waals surface area (Å²) < 4.78 is 41.5. The molecule has 0 atom stereocenters. The first-order valence-corrected chi connectivity index (χ1v) is 3.79. The number of anilines is 1. The summed E-state index contributed by atoms with van der Waals surface area (Å²) in [6.45, 7) is 0. The molecule has 0 fully saturated rings. The fourth-order valence-electron chi connectivity index (χ4n) is 0.936. The Kier molecular flexibility index (Phi) is 3.13. The van der Waals surface area contributed by atoms with Gasteiger partial charge in [-0.25, -0.2) is 18.6 Å². The highest BCUT2D eigenvalue weighted by molar-refractivity contribution is 5.92. The number of nitrogens with zero attached hydrogens (tertiary/aromatic N) is 1. The van der Waals surface area contributed by atoms with Gasteiger partial charge in [0.25, 0.3) is 6.43 Å². The van der Waals surface area contributed by atoms with Crippen molar-refractivity contribution in [2.24, 2.45) is 0 Å². The molecule has 0 unspecified atom stereocenters. The minimum absolute atomic E-state index is 0.349. The third-order valence-corrected chi connectivity index (χ3v) is 1.65. The van der Waals surface area contributed by atoms with Crippen LogP contribution in [0.1, 0.15) is 22.5 Å². The highest BCUT2D eigenvalue weighted by Crippen LogP contribution is 2.24. The molecule has 0 aliphatic heterocycles. The number of halogens is 3. The zero-order valence-corrected chi connectivity index (χ0v) is 7.63. The van der Waals surface area contributed by atoms with Crippen LogP contribution < -0.4 is 5.73 Å². The average Bonchev–Trinajstić information content (AvgIpc) is 2.19. The van der Waals surface area contributed by atoms with Crippen LogP contribution in [0.5, 0.6) is 0 Å². The third kappa shape index (κ3) is 2.17. The number of rotatable bonds is 2. The van der Waals surface area contributed by atoms with Crippen molar-refractivity contribution in [3.8, 4) is 0 Å². The van der Waals surface area contributed by atoms with Crippen LogP contribution in [0, 0.1) is 5.95 Å². The van der Waals surface area contributed by atoms with E-state index < -0.39 is 29.6 Å². The van der Waals surface area contributed by atoms with Crippen LogP contribution in [0.3, 0.4) is 0 Å². The molecule has 1 aromatic rings. The number of aromatic nitrogens is 1. The largest absolute Gasteiger partial charge is 0.464 e. The standard InChI is InChI=1S/C8H7F3N2O2/c1-15-8(14)5-4(12)2-3(6(9)10)7(11)13-5/h2,6H,12H2,1H3. The van der Waals surface area contributed by atoms with E-state index in [-0.39, 0.29) is 5.69 Å². The summed E-state index contributed by atoms with van der Waals surface area (Å²) in [4.78, 5) is 14.0. The van der Waals surface area contributed by atoms with E-state index in [1.165, 1.54) is 0 Å². The van der Waals surface area contributed by atoms with Crippen molar-refractivity contribution >= 4 is 11.7 Å². The van der Waals surface area contributed by atoms with Gasteiger partial charge in [0.1, 0.15) is 0 Å². The highest BCUT2D eigenvalue weighted by Gasteiger charge is 2.21. The molecule has 7 heteroatoms. The first-order valence-electron chi connectivity index (χ1n) is 3.79. The molecule has 1 aromatic heterocycles. The second kappa shape index (κ2) is 4.16. The molecule has 2 N–H and O–H groups in total. The molecule has 0 bridgehead atoms. The number of carbonyl (C=O) groups is 1. The van der Waals surface area contributed by atoms with E-state index in [2.05, 4.69) is 9.72 Å². The molecule has 0 saturated heterocycles. The Bertz CT molecular complexity index is 396. The van der Waals surface area contributed by atoms with Gasteiger partial charge in [0.05, 0.1) is 18.4 Å². The van der Waals surface area contributed by atoms with E-state index >= 15 is 0 Å². The Balaban J connectivity index is 3.25. The summed E-state index contributed by atoms with van der Waals surface area (Å²) in [7, 11) is 1.04. The van der Waals surface area contributed by atoms with E-state index in [9.17, 15) is 18.0 Å². The monoisotopic (exact) mass is 220 g/mol. The van der Waals surface area contributed by atoms with Gasteiger partial charge < -0.3 is 10.5 Å². The number of alkyl halides is 2. The van der Waals surface area contributed by atoms with E-state index in [0.717, 1.165) is 7.11 Å². The number of methoxy groups -OCH3 is 1. The zero-order valence-electron chi connectivity index (χ0n) is 7.63. The number of hydrogen-bond donors (Lipinski definition) is 1. The van der Waals surface area contributed by atoms with Crippen LogP contribution in [0.2, 0.25) is 0 Å². The van der Waals surface area contributed by atoms with Crippen LogP contribution in [0.25, 0.3) is 0 Å². The quantitative estimate of drug-likeness (QED) is 0.606. The van der Waals surface area contributed by atoms with Gasteiger partial charge in [0.2, 0.25) is 5.95 Å². The van der Waals surface area contributed by atoms with Gasteiger partial charge in [-0.05, 0) is 6.07 Å². The number of nitrogens with two attached hydrogens (primary N) is 1. The Labute approximate surface area is 82.9 Å². The Morgan fingerprint density at radius 1 is 1.60 bits per heavy atom. The number of nitrogen functional groups attached to an aromatic ring is 1. The Morgan fingerprint density at radius 2 is 2.20 bits per heavy atom. The smallest absolute Gasteiger partial charge is 0.358 e. The number of pyridine rings is 1. The average molecular weight is 220 g/mol. The molecule has 0 aliphatic carbocycles. The molecular weight excluding hydrogens is 213 g/mol. The molecule has 0 aliphatic rings. The van der Waals surface area contributed by atoms with Gasteiger partial charge in [-0.3, -0.25) is 0 Å². The van der Waals surface area contributed by atoms with Gasteiger partial charge in [0.15, 0.2) is 5.69 Å². The predicted molar refractivity (Wildman–Crippen MR) is 44.9 cm³/mol. The second-order valence-corrected chi connectivity index (χ2v) is 2.60. The molecule has 15 heavy (non-hydrogen) atoms. The molecule has 1 rings (SSSR count). The van der Waals surface area contributed by atoms with Crippen molar-refractivity contribution in [1.29, 1.82) is 0 Å². The lowest BCUT2D eigenvalue weighted by molar-refractivity contribution is 0.0593. The maximum absolute atomic E-state index is 12.9. The van der Waals surface area contributed by atoms with E-state index in [4.69, 9.17) is 5.73 Å². The lowest BCUT2D eigenvalue weighted by Gasteiger charge is -2.06. The fraction of sp³-hybridized carbons (Fsp3) is 0.250. The minimum atomic E-state index is -3.04. The van der Waals surface area contributed by atoms with Crippen molar-refractivity contribution < 1.29 is 22.7 Å². The minimum Gasteiger partial charge on any atom is -0.464 e. The molecular formula is C8H7F3N2O2. The molecule has 0 spiro atoms. The van der Waals surface area contributed by atoms with E-state index in [1.54, 1.807) is 0 Å². The maximum Gasteiger partial charge on any atom is 0.358 e. The summed E-state index contributed by atoms with van der Waals surface area (Å²) in [6.07, 6.45) is -3.04. The maximum atomic E-state index is 12.9. The lowest BCUT2D eigenvalue weighted by Crippen LogP contribution is -2.11. The van der Waals surface area contributed by atoms with E-state index in [1.807, 2.05) is 0 Å². The molecule has 1 heterocycles. The highest BCUT2D eigenvalue weighted by atomic mass is 19.3. The predicted octanol–water partition coefficient (Wildman–Crippen LogP) is 1.53. The number of ether oxygens (including phenoxy) is 1.